The molecule has 0 radical (unpaired) electrons. The van der Waals surface area contributed by atoms with Gasteiger partial charge in [-0.25, -0.2) is 4.98 Å². The van der Waals surface area contributed by atoms with Crippen LogP contribution in [-0.2, 0) is 16.9 Å². The second-order valence-corrected chi connectivity index (χ2v) is 5.01. The van der Waals surface area contributed by atoms with E-state index in [9.17, 15) is 4.79 Å². The van der Waals surface area contributed by atoms with Crippen molar-refractivity contribution in [1.82, 2.24) is 14.5 Å². The van der Waals surface area contributed by atoms with Crippen LogP contribution in [0, 0.1) is 0 Å². The fourth-order valence-corrected chi connectivity index (χ4v) is 1.99. The van der Waals surface area contributed by atoms with Gasteiger partial charge in [0.15, 0.2) is 0 Å². The van der Waals surface area contributed by atoms with E-state index in [0.29, 0.717) is 13.0 Å². The molecule has 0 aliphatic carbocycles. The van der Waals surface area contributed by atoms with Crippen molar-refractivity contribution in [1.29, 1.82) is 0 Å². The van der Waals surface area contributed by atoms with Crippen LogP contribution in [0.15, 0.2) is 12.5 Å². The van der Waals surface area contributed by atoms with Gasteiger partial charge in [-0.1, -0.05) is 0 Å². The maximum Gasteiger partial charge on any atom is 0.224 e. The minimum Gasteiger partial charge on any atom is -0.343 e. The number of amides is 1. The topological polar surface area (TPSA) is 64.2 Å². The highest BCUT2D eigenvalue weighted by Gasteiger charge is 2.19. The van der Waals surface area contributed by atoms with Gasteiger partial charge in [-0.05, 0) is 27.7 Å². The third kappa shape index (κ3) is 3.57. The summed E-state index contributed by atoms with van der Waals surface area (Å²) < 4.78 is 1.96. The quantitative estimate of drug-likeness (QED) is 0.831. The summed E-state index contributed by atoms with van der Waals surface area (Å²) in [6.45, 7) is 10.0. The van der Waals surface area contributed by atoms with Gasteiger partial charge >= 0.3 is 0 Å². The van der Waals surface area contributed by atoms with E-state index < -0.39 is 5.54 Å². The molecule has 0 spiro atoms. The predicted molar refractivity (Wildman–Crippen MR) is 72.0 cm³/mol. The van der Waals surface area contributed by atoms with Crippen LogP contribution < -0.4 is 5.73 Å². The van der Waals surface area contributed by atoms with E-state index in [-0.39, 0.29) is 5.91 Å². The van der Waals surface area contributed by atoms with Crippen LogP contribution in [-0.4, -0.2) is 33.4 Å². The fraction of sp³-hybridized carbons (Fsp3) is 0.692. The first kappa shape index (κ1) is 14.7. The fourth-order valence-electron chi connectivity index (χ4n) is 1.99. The minimum absolute atomic E-state index is 0.175. The molecule has 1 heterocycles. The van der Waals surface area contributed by atoms with Crippen LogP contribution >= 0.6 is 0 Å². The summed E-state index contributed by atoms with van der Waals surface area (Å²) >= 11 is 0. The molecule has 0 unspecified atom stereocenters. The molecule has 1 rings (SSSR count). The third-order valence-corrected chi connectivity index (χ3v) is 3.06. The molecule has 2 N–H and O–H groups in total. The van der Waals surface area contributed by atoms with Crippen molar-refractivity contribution in [3.05, 3.63) is 18.2 Å². The van der Waals surface area contributed by atoms with Crippen molar-refractivity contribution in [2.45, 2.75) is 46.2 Å². The molecule has 0 saturated heterocycles. The van der Waals surface area contributed by atoms with E-state index in [1.807, 2.05) is 37.2 Å². The number of carbonyl (C=O) groups excluding carboxylic acids is 1. The van der Waals surface area contributed by atoms with Gasteiger partial charge < -0.3 is 15.2 Å². The molecular weight excluding hydrogens is 228 g/mol. The Kier molecular flexibility index (Phi) is 4.90. The molecule has 18 heavy (non-hydrogen) atoms. The molecular formula is C13H24N4O. The monoisotopic (exact) mass is 252 g/mol. The van der Waals surface area contributed by atoms with Crippen LogP contribution in [0.1, 0.15) is 39.8 Å². The van der Waals surface area contributed by atoms with E-state index in [2.05, 4.69) is 4.98 Å². The van der Waals surface area contributed by atoms with Crippen molar-refractivity contribution in [2.24, 2.45) is 5.73 Å². The average molecular weight is 252 g/mol. The van der Waals surface area contributed by atoms with Crippen molar-refractivity contribution in [3.63, 3.8) is 0 Å². The number of hydrogen-bond acceptors (Lipinski definition) is 3. The van der Waals surface area contributed by atoms with Gasteiger partial charge in [0.05, 0.1) is 17.6 Å². The Hall–Kier alpha value is -1.36. The number of imidazole rings is 1. The number of rotatable bonds is 6. The Balaban J connectivity index is 2.65. The summed E-state index contributed by atoms with van der Waals surface area (Å²) in [5.74, 6) is 0.175. The highest BCUT2D eigenvalue weighted by atomic mass is 16.2. The Morgan fingerprint density at radius 2 is 2.06 bits per heavy atom. The van der Waals surface area contributed by atoms with Gasteiger partial charge in [0.25, 0.3) is 0 Å². The highest BCUT2D eigenvalue weighted by Crippen LogP contribution is 2.16. The number of aromatic nitrogens is 2. The number of carbonyl (C=O) groups is 1. The molecule has 0 aromatic carbocycles. The molecule has 1 aromatic rings. The van der Waals surface area contributed by atoms with Crippen LogP contribution in [0.5, 0.6) is 0 Å². The number of nitrogens with zero attached hydrogens (tertiary/aromatic N) is 3. The van der Waals surface area contributed by atoms with Crippen LogP contribution in [0.3, 0.4) is 0 Å². The second-order valence-electron chi connectivity index (χ2n) is 5.01. The Bertz CT molecular complexity index is 388. The standard InChI is InChI=1S/C13H24N4O/c1-5-16(6-2)12(18)7-8-17-10-15-9-11(17)13(3,4)14/h9-10H,5-8,14H2,1-4H3. The van der Waals surface area contributed by atoms with Crippen molar-refractivity contribution in [2.75, 3.05) is 13.1 Å². The largest absolute Gasteiger partial charge is 0.343 e. The third-order valence-electron chi connectivity index (χ3n) is 3.06. The number of hydrogen-bond donors (Lipinski definition) is 1. The highest BCUT2D eigenvalue weighted by molar-refractivity contribution is 5.76. The van der Waals surface area contributed by atoms with Gasteiger partial charge in [-0.3, -0.25) is 4.79 Å². The van der Waals surface area contributed by atoms with Gasteiger partial charge in [0, 0.05) is 32.3 Å². The first-order valence-electron chi connectivity index (χ1n) is 6.47. The number of aryl methyl sites for hydroxylation is 1. The number of nitrogens with two attached hydrogens (primary N) is 1. The van der Waals surface area contributed by atoms with E-state index >= 15 is 0 Å². The molecule has 5 nitrogen and oxygen atoms in total. The first-order chi connectivity index (χ1) is 8.40. The zero-order valence-electron chi connectivity index (χ0n) is 11.8. The SMILES string of the molecule is CCN(CC)C(=O)CCn1cncc1C(C)(C)N. The normalized spacial score (nSPS) is 11.6. The lowest BCUT2D eigenvalue weighted by atomic mass is 10.0. The molecule has 0 bridgehead atoms. The van der Waals surface area contributed by atoms with Gasteiger partial charge in [-0.15, -0.1) is 0 Å². The van der Waals surface area contributed by atoms with Crippen molar-refractivity contribution < 1.29 is 4.79 Å². The van der Waals surface area contributed by atoms with Crippen LogP contribution in [0.4, 0.5) is 0 Å². The predicted octanol–water partition coefficient (Wildman–Crippen LogP) is 1.34. The van der Waals surface area contributed by atoms with E-state index in [0.717, 1.165) is 18.8 Å². The molecule has 1 amide bonds. The molecule has 1 aromatic heterocycles. The van der Waals surface area contributed by atoms with E-state index in [1.54, 1.807) is 12.5 Å². The van der Waals surface area contributed by atoms with Crippen LogP contribution in [0.2, 0.25) is 0 Å². The van der Waals surface area contributed by atoms with Crippen molar-refractivity contribution in [3.8, 4) is 0 Å². The average Bonchev–Trinajstić information content (AvgIpc) is 2.75. The molecule has 0 atom stereocenters. The van der Waals surface area contributed by atoms with E-state index in [1.165, 1.54) is 0 Å². The van der Waals surface area contributed by atoms with E-state index in [4.69, 9.17) is 5.73 Å². The molecule has 102 valence electrons. The summed E-state index contributed by atoms with van der Waals surface area (Å²) in [5, 5.41) is 0. The maximum atomic E-state index is 11.9. The van der Waals surface area contributed by atoms with Gasteiger partial charge in [-0.2, -0.15) is 0 Å². The molecule has 5 heteroatoms. The van der Waals surface area contributed by atoms with Crippen molar-refractivity contribution >= 4 is 5.91 Å². The molecule has 0 saturated carbocycles. The molecule has 0 fully saturated rings. The maximum absolute atomic E-state index is 11.9. The molecule has 0 aliphatic heterocycles. The lowest BCUT2D eigenvalue weighted by molar-refractivity contribution is -0.131. The van der Waals surface area contributed by atoms with Gasteiger partial charge in [0.1, 0.15) is 0 Å². The zero-order chi connectivity index (χ0) is 13.8. The summed E-state index contributed by atoms with van der Waals surface area (Å²) in [5.41, 5.74) is 6.58. The Morgan fingerprint density at radius 3 is 2.56 bits per heavy atom. The van der Waals surface area contributed by atoms with Gasteiger partial charge in [0.2, 0.25) is 5.91 Å². The summed E-state index contributed by atoms with van der Waals surface area (Å²) in [4.78, 5) is 17.9. The Morgan fingerprint density at radius 1 is 1.44 bits per heavy atom. The zero-order valence-corrected chi connectivity index (χ0v) is 11.8. The first-order valence-corrected chi connectivity index (χ1v) is 6.47. The Labute approximate surface area is 109 Å². The minimum atomic E-state index is -0.436. The lowest BCUT2D eigenvalue weighted by Crippen LogP contribution is -2.33. The molecule has 0 aliphatic rings. The van der Waals surface area contributed by atoms with Crippen LogP contribution in [0.25, 0.3) is 0 Å². The lowest BCUT2D eigenvalue weighted by Gasteiger charge is -2.22. The smallest absolute Gasteiger partial charge is 0.224 e. The summed E-state index contributed by atoms with van der Waals surface area (Å²) in [7, 11) is 0. The second kappa shape index (κ2) is 6.00. The summed E-state index contributed by atoms with van der Waals surface area (Å²) in [6, 6.07) is 0. The summed E-state index contributed by atoms with van der Waals surface area (Å²) in [6.07, 6.45) is 3.99.